The maximum absolute atomic E-state index is 13.3. The molecule has 0 fully saturated rings. The summed E-state index contributed by atoms with van der Waals surface area (Å²) in [6.07, 6.45) is 3.22. The first-order valence-electron chi connectivity index (χ1n) is 7.62. The first-order chi connectivity index (χ1) is 12.2. The van der Waals surface area contributed by atoms with Gasteiger partial charge in [-0.3, -0.25) is 0 Å². The fourth-order valence-corrected chi connectivity index (χ4v) is 2.68. The van der Waals surface area contributed by atoms with E-state index in [-0.39, 0.29) is 18.4 Å². The van der Waals surface area contributed by atoms with E-state index in [1.54, 1.807) is 36.7 Å². The van der Waals surface area contributed by atoms with Crippen LogP contribution < -0.4 is 14.8 Å². The number of phenolic OH excluding ortho intramolecular Hbond substituents is 1. The Morgan fingerprint density at radius 2 is 1.72 bits per heavy atom. The van der Waals surface area contributed by atoms with E-state index in [1.807, 2.05) is 0 Å². The molecule has 0 saturated heterocycles. The molecule has 1 atom stereocenters. The monoisotopic (exact) mass is 339 g/mol. The topological polar surface area (TPSA) is 76.5 Å². The third-order valence-electron chi connectivity index (χ3n) is 3.88. The lowest BCUT2D eigenvalue weighted by molar-refractivity contribution is 0.174. The van der Waals surface area contributed by atoms with Gasteiger partial charge in [-0.05, 0) is 29.8 Å². The second-order valence-corrected chi connectivity index (χ2v) is 5.47. The molecule has 0 amide bonds. The molecule has 4 rings (SSSR count). The van der Waals surface area contributed by atoms with E-state index in [4.69, 9.17) is 9.47 Å². The molecular weight excluding hydrogens is 325 g/mol. The zero-order valence-corrected chi connectivity index (χ0v) is 13.0. The Balaban J connectivity index is 1.78. The number of ether oxygens (including phenoxy) is 2. The average Bonchev–Trinajstić information content (AvgIpc) is 3.08. The van der Waals surface area contributed by atoms with Crippen molar-refractivity contribution < 1.29 is 19.0 Å². The van der Waals surface area contributed by atoms with Crippen molar-refractivity contribution in [3.63, 3.8) is 0 Å². The predicted octanol–water partition coefficient (Wildman–Crippen LogP) is 3.25. The first-order valence-corrected chi connectivity index (χ1v) is 7.62. The van der Waals surface area contributed by atoms with Crippen LogP contribution >= 0.6 is 0 Å². The van der Waals surface area contributed by atoms with Crippen molar-refractivity contribution in [2.75, 3.05) is 12.1 Å². The number of phenols is 1. The van der Waals surface area contributed by atoms with E-state index in [0.717, 1.165) is 5.56 Å². The lowest BCUT2D eigenvalue weighted by Crippen LogP contribution is -2.14. The van der Waals surface area contributed by atoms with Gasteiger partial charge in [0, 0.05) is 24.0 Å². The van der Waals surface area contributed by atoms with E-state index in [9.17, 15) is 9.50 Å². The lowest BCUT2D eigenvalue weighted by Gasteiger charge is -2.21. The normalized spacial score (nSPS) is 13.5. The number of nitrogens with zero attached hydrogens (tertiary/aromatic N) is 2. The molecule has 3 aromatic rings. The van der Waals surface area contributed by atoms with Crippen LogP contribution in [0, 0.1) is 5.82 Å². The summed E-state index contributed by atoms with van der Waals surface area (Å²) < 4.78 is 24.0. The quantitative estimate of drug-likeness (QED) is 0.760. The van der Waals surface area contributed by atoms with Crippen LogP contribution in [0.1, 0.15) is 17.2 Å². The number of fused-ring (bicyclic) bond motifs is 1. The summed E-state index contributed by atoms with van der Waals surface area (Å²) in [5, 5.41) is 13.6. The van der Waals surface area contributed by atoms with Crippen molar-refractivity contribution in [2.24, 2.45) is 0 Å². The van der Waals surface area contributed by atoms with Crippen molar-refractivity contribution in [3.8, 4) is 17.2 Å². The summed E-state index contributed by atoms with van der Waals surface area (Å²) in [6, 6.07) is 10.4. The molecule has 0 aliphatic carbocycles. The molecule has 6 nitrogen and oxygen atoms in total. The van der Waals surface area contributed by atoms with E-state index >= 15 is 0 Å². The third-order valence-corrected chi connectivity index (χ3v) is 3.88. The minimum Gasteiger partial charge on any atom is -0.507 e. The van der Waals surface area contributed by atoms with Crippen LogP contribution in [0.4, 0.5) is 10.3 Å². The van der Waals surface area contributed by atoms with Gasteiger partial charge in [0.2, 0.25) is 12.7 Å². The molecule has 1 unspecified atom stereocenters. The number of nitrogens with one attached hydrogen (secondary N) is 1. The number of anilines is 1. The molecule has 25 heavy (non-hydrogen) atoms. The first kappa shape index (κ1) is 15.2. The fraction of sp³-hybridized carbons (Fsp3) is 0.111. The zero-order valence-electron chi connectivity index (χ0n) is 13.0. The summed E-state index contributed by atoms with van der Waals surface area (Å²) in [4.78, 5) is 8.31. The van der Waals surface area contributed by atoms with E-state index in [0.29, 0.717) is 23.0 Å². The van der Waals surface area contributed by atoms with Gasteiger partial charge in [-0.1, -0.05) is 12.1 Å². The van der Waals surface area contributed by atoms with Crippen molar-refractivity contribution in [1.29, 1.82) is 0 Å². The molecule has 2 aromatic carbocycles. The smallest absolute Gasteiger partial charge is 0.231 e. The molecule has 1 aliphatic rings. The van der Waals surface area contributed by atoms with Crippen LogP contribution in [0.25, 0.3) is 0 Å². The Morgan fingerprint density at radius 3 is 2.44 bits per heavy atom. The highest BCUT2D eigenvalue weighted by Crippen LogP contribution is 2.42. The summed E-state index contributed by atoms with van der Waals surface area (Å²) in [6.45, 7) is 0.106. The van der Waals surface area contributed by atoms with Gasteiger partial charge in [0.1, 0.15) is 11.6 Å². The van der Waals surface area contributed by atoms with Crippen molar-refractivity contribution in [2.45, 2.75) is 6.04 Å². The van der Waals surface area contributed by atoms with E-state index < -0.39 is 6.04 Å². The van der Waals surface area contributed by atoms with E-state index in [2.05, 4.69) is 15.3 Å². The van der Waals surface area contributed by atoms with Crippen LogP contribution in [-0.4, -0.2) is 21.9 Å². The molecule has 1 aliphatic heterocycles. The Hall–Kier alpha value is -3.35. The summed E-state index contributed by atoms with van der Waals surface area (Å²) >= 11 is 0. The highest BCUT2D eigenvalue weighted by atomic mass is 19.1. The average molecular weight is 339 g/mol. The highest BCUT2D eigenvalue weighted by Gasteiger charge is 2.24. The maximum Gasteiger partial charge on any atom is 0.231 e. The minimum atomic E-state index is -0.502. The van der Waals surface area contributed by atoms with Crippen LogP contribution in [0.15, 0.2) is 54.9 Å². The van der Waals surface area contributed by atoms with Gasteiger partial charge >= 0.3 is 0 Å². The van der Waals surface area contributed by atoms with Gasteiger partial charge in [0.15, 0.2) is 11.5 Å². The molecule has 2 heterocycles. The number of hydrogen-bond acceptors (Lipinski definition) is 6. The summed E-state index contributed by atoms with van der Waals surface area (Å²) in [5.74, 6) is 1.09. The van der Waals surface area contributed by atoms with Gasteiger partial charge in [0.05, 0.1) is 6.04 Å². The van der Waals surface area contributed by atoms with Crippen molar-refractivity contribution in [3.05, 3.63) is 71.8 Å². The minimum absolute atomic E-state index is 0.0296. The molecule has 1 aromatic heterocycles. The van der Waals surface area contributed by atoms with Crippen LogP contribution in [0.2, 0.25) is 0 Å². The third kappa shape index (κ3) is 3.03. The van der Waals surface area contributed by atoms with Gasteiger partial charge in [-0.2, -0.15) is 0 Å². The van der Waals surface area contributed by atoms with Gasteiger partial charge in [-0.25, -0.2) is 14.4 Å². The molecule has 0 saturated carbocycles. The molecule has 2 N–H and O–H groups in total. The number of aromatic hydroxyl groups is 1. The van der Waals surface area contributed by atoms with Gasteiger partial charge in [-0.15, -0.1) is 0 Å². The Labute approximate surface area is 142 Å². The Kier molecular flexibility index (Phi) is 3.81. The van der Waals surface area contributed by atoms with Crippen molar-refractivity contribution in [1.82, 2.24) is 9.97 Å². The summed E-state index contributed by atoms with van der Waals surface area (Å²) in [5.41, 5.74) is 1.28. The number of rotatable bonds is 4. The number of aromatic nitrogens is 2. The standard InChI is InChI=1S/C18H14FN3O3/c19-12-4-2-11(3-5-12)17(22-18-20-6-1-7-21-18)13-8-15-16(9-14(13)23)25-10-24-15/h1-9,17,23H,10H2,(H,20,21,22). The molecule has 0 radical (unpaired) electrons. The van der Waals surface area contributed by atoms with Gasteiger partial charge in [0.25, 0.3) is 0 Å². The van der Waals surface area contributed by atoms with Crippen LogP contribution in [0.5, 0.6) is 17.2 Å². The second kappa shape index (κ2) is 6.27. The number of halogens is 1. The molecule has 126 valence electrons. The maximum atomic E-state index is 13.3. The molecular formula is C18H14FN3O3. The van der Waals surface area contributed by atoms with Gasteiger partial charge < -0.3 is 19.9 Å². The predicted molar refractivity (Wildman–Crippen MR) is 88.1 cm³/mol. The highest BCUT2D eigenvalue weighted by molar-refractivity contribution is 5.56. The van der Waals surface area contributed by atoms with Crippen LogP contribution in [0.3, 0.4) is 0 Å². The second-order valence-electron chi connectivity index (χ2n) is 5.47. The Bertz CT molecular complexity index is 888. The SMILES string of the molecule is Oc1cc2c(cc1C(Nc1ncccn1)c1ccc(F)cc1)OCO2. The summed E-state index contributed by atoms with van der Waals surface area (Å²) in [7, 11) is 0. The number of benzene rings is 2. The van der Waals surface area contributed by atoms with Crippen molar-refractivity contribution >= 4 is 5.95 Å². The number of hydrogen-bond donors (Lipinski definition) is 2. The lowest BCUT2D eigenvalue weighted by atomic mass is 9.97. The Morgan fingerprint density at radius 1 is 1.04 bits per heavy atom. The largest absolute Gasteiger partial charge is 0.507 e. The molecule has 7 heteroatoms. The van der Waals surface area contributed by atoms with Crippen LogP contribution in [-0.2, 0) is 0 Å². The van der Waals surface area contributed by atoms with E-state index in [1.165, 1.54) is 18.2 Å². The fourth-order valence-electron chi connectivity index (χ4n) is 2.68. The molecule has 0 bridgehead atoms. The zero-order chi connectivity index (χ0) is 17.2. The molecule has 0 spiro atoms.